The molecule has 2 aromatic rings. The van der Waals surface area contributed by atoms with Gasteiger partial charge in [0.25, 0.3) is 0 Å². The molecular formula is C16H21FN4O. The van der Waals surface area contributed by atoms with Crippen molar-refractivity contribution in [3.63, 3.8) is 0 Å². The lowest BCUT2D eigenvalue weighted by Crippen LogP contribution is -2.38. The highest BCUT2D eigenvalue weighted by molar-refractivity contribution is 5.23. The van der Waals surface area contributed by atoms with Gasteiger partial charge in [-0.25, -0.2) is 4.39 Å². The van der Waals surface area contributed by atoms with Gasteiger partial charge >= 0.3 is 0 Å². The molecule has 2 heterocycles. The van der Waals surface area contributed by atoms with Crippen LogP contribution in [0.25, 0.3) is 0 Å². The molecule has 1 aliphatic heterocycles. The number of ether oxygens (including phenoxy) is 1. The monoisotopic (exact) mass is 304 g/mol. The Balaban J connectivity index is 1.51. The summed E-state index contributed by atoms with van der Waals surface area (Å²) < 4.78 is 21.4. The number of likely N-dealkylation sites (tertiary alicyclic amines) is 1. The lowest BCUT2D eigenvalue weighted by molar-refractivity contribution is 0.0915. The number of halogens is 1. The van der Waals surface area contributed by atoms with Crippen LogP contribution in [0.1, 0.15) is 25.6 Å². The van der Waals surface area contributed by atoms with Crippen LogP contribution in [-0.4, -0.2) is 38.9 Å². The normalized spacial score (nSPS) is 16.8. The minimum atomic E-state index is -0.291. The van der Waals surface area contributed by atoms with Crippen molar-refractivity contribution in [2.45, 2.75) is 39.0 Å². The third-order valence-corrected chi connectivity index (χ3v) is 4.07. The molecule has 0 N–H and O–H groups in total. The van der Waals surface area contributed by atoms with Gasteiger partial charge in [0.05, 0.1) is 6.54 Å². The Morgan fingerprint density at radius 3 is 2.77 bits per heavy atom. The number of aryl methyl sites for hydroxylation is 1. The fraction of sp³-hybridized carbons (Fsp3) is 0.500. The maximum Gasteiger partial charge on any atom is 0.165 e. The molecule has 6 heteroatoms. The predicted octanol–water partition coefficient (Wildman–Crippen LogP) is 2.48. The Hall–Kier alpha value is -1.95. The van der Waals surface area contributed by atoms with E-state index in [0.29, 0.717) is 5.75 Å². The molecule has 0 aliphatic carbocycles. The summed E-state index contributed by atoms with van der Waals surface area (Å²) in [6.45, 7) is 5.63. The van der Waals surface area contributed by atoms with E-state index in [1.54, 1.807) is 24.5 Å². The van der Waals surface area contributed by atoms with Gasteiger partial charge in [-0.2, -0.15) is 0 Å². The molecule has 1 aromatic heterocycles. The zero-order valence-electron chi connectivity index (χ0n) is 12.8. The molecule has 5 nitrogen and oxygen atoms in total. The second-order valence-electron chi connectivity index (χ2n) is 5.56. The minimum absolute atomic E-state index is 0.0807. The van der Waals surface area contributed by atoms with Gasteiger partial charge in [-0.05, 0) is 31.9 Å². The standard InChI is InChI=1S/C16H21FN4O/c1-2-21-12-18-19-16(21)11-20-9-7-13(8-10-20)22-15-6-4-3-5-14(15)17/h3-6,12-13H,2,7-11H2,1H3. The maximum atomic E-state index is 13.6. The Bertz CT molecular complexity index is 608. The van der Waals surface area contributed by atoms with E-state index in [-0.39, 0.29) is 11.9 Å². The van der Waals surface area contributed by atoms with Gasteiger partial charge in [0.1, 0.15) is 18.3 Å². The quantitative estimate of drug-likeness (QED) is 0.851. The number of aromatic nitrogens is 3. The second kappa shape index (κ2) is 6.87. The molecular weight excluding hydrogens is 283 g/mol. The highest BCUT2D eigenvalue weighted by Crippen LogP contribution is 2.22. The first-order valence-corrected chi connectivity index (χ1v) is 7.76. The van der Waals surface area contributed by atoms with Crippen LogP contribution in [-0.2, 0) is 13.1 Å². The Labute approximate surface area is 129 Å². The van der Waals surface area contributed by atoms with Crippen LogP contribution in [0.3, 0.4) is 0 Å². The molecule has 0 amide bonds. The van der Waals surface area contributed by atoms with Crippen molar-refractivity contribution >= 4 is 0 Å². The van der Waals surface area contributed by atoms with Crippen LogP contribution in [0, 0.1) is 5.82 Å². The minimum Gasteiger partial charge on any atom is -0.487 e. The van der Waals surface area contributed by atoms with Gasteiger partial charge in [0, 0.05) is 19.6 Å². The van der Waals surface area contributed by atoms with Crippen molar-refractivity contribution in [1.29, 1.82) is 0 Å². The molecule has 0 saturated carbocycles. The Morgan fingerprint density at radius 1 is 1.27 bits per heavy atom. The van der Waals surface area contributed by atoms with Crippen molar-refractivity contribution in [2.75, 3.05) is 13.1 Å². The zero-order valence-corrected chi connectivity index (χ0v) is 12.8. The molecule has 0 atom stereocenters. The van der Waals surface area contributed by atoms with E-state index in [0.717, 1.165) is 44.8 Å². The number of hydrogen-bond acceptors (Lipinski definition) is 4. The lowest BCUT2D eigenvalue weighted by Gasteiger charge is -2.31. The van der Waals surface area contributed by atoms with Crippen LogP contribution in [0.15, 0.2) is 30.6 Å². The molecule has 1 aromatic carbocycles. The average molecular weight is 304 g/mol. The molecule has 22 heavy (non-hydrogen) atoms. The number of benzene rings is 1. The predicted molar refractivity (Wildman–Crippen MR) is 81.0 cm³/mol. The Morgan fingerprint density at radius 2 is 2.05 bits per heavy atom. The average Bonchev–Trinajstić information content (AvgIpc) is 2.99. The summed E-state index contributed by atoms with van der Waals surface area (Å²) in [5, 5.41) is 8.13. The van der Waals surface area contributed by atoms with Gasteiger partial charge in [-0.3, -0.25) is 4.90 Å². The SMILES string of the molecule is CCn1cnnc1CN1CCC(Oc2ccccc2F)CC1. The molecule has 1 fully saturated rings. The van der Waals surface area contributed by atoms with E-state index < -0.39 is 0 Å². The van der Waals surface area contributed by atoms with Crippen LogP contribution < -0.4 is 4.74 Å². The smallest absolute Gasteiger partial charge is 0.165 e. The summed E-state index contributed by atoms with van der Waals surface area (Å²) >= 11 is 0. The van der Waals surface area contributed by atoms with Crippen molar-refractivity contribution < 1.29 is 9.13 Å². The highest BCUT2D eigenvalue weighted by Gasteiger charge is 2.22. The summed E-state index contributed by atoms with van der Waals surface area (Å²) in [5.74, 6) is 1.06. The number of para-hydroxylation sites is 1. The number of nitrogens with zero attached hydrogens (tertiary/aromatic N) is 4. The Kier molecular flexibility index (Phi) is 4.68. The van der Waals surface area contributed by atoms with Crippen LogP contribution in [0.5, 0.6) is 5.75 Å². The van der Waals surface area contributed by atoms with Gasteiger partial charge < -0.3 is 9.30 Å². The summed E-state index contributed by atoms with van der Waals surface area (Å²) in [6.07, 6.45) is 3.64. The number of piperidine rings is 1. The molecule has 1 aliphatic rings. The van der Waals surface area contributed by atoms with Crippen LogP contribution in [0.2, 0.25) is 0 Å². The van der Waals surface area contributed by atoms with Crippen molar-refractivity contribution in [1.82, 2.24) is 19.7 Å². The lowest BCUT2D eigenvalue weighted by atomic mass is 10.1. The first-order valence-electron chi connectivity index (χ1n) is 7.76. The van der Waals surface area contributed by atoms with Crippen molar-refractivity contribution in [2.24, 2.45) is 0 Å². The van der Waals surface area contributed by atoms with Crippen LogP contribution in [0.4, 0.5) is 4.39 Å². The molecule has 0 bridgehead atoms. The van der Waals surface area contributed by atoms with Crippen molar-refractivity contribution in [3.8, 4) is 5.75 Å². The first-order chi connectivity index (χ1) is 10.8. The van der Waals surface area contributed by atoms with Crippen molar-refractivity contribution in [3.05, 3.63) is 42.2 Å². The van der Waals surface area contributed by atoms with E-state index >= 15 is 0 Å². The molecule has 3 rings (SSSR count). The van der Waals surface area contributed by atoms with Gasteiger partial charge in [0.2, 0.25) is 0 Å². The number of hydrogen-bond donors (Lipinski definition) is 0. The fourth-order valence-corrected chi connectivity index (χ4v) is 2.77. The molecule has 0 radical (unpaired) electrons. The molecule has 1 saturated heterocycles. The summed E-state index contributed by atoms with van der Waals surface area (Å²) in [5.41, 5.74) is 0. The first kappa shape index (κ1) is 15.0. The number of rotatable bonds is 5. The highest BCUT2D eigenvalue weighted by atomic mass is 19.1. The second-order valence-corrected chi connectivity index (χ2v) is 5.56. The molecule has 0 spiro atoms. The van der Waals surface area contributed by atoms with Crippen LogP contribution >= 0.6 is 0 Å². The summed E-state index contributed by atoms with van der Waals surface area (Å²) in [6, 6.07) is 6.59. The topological polar surface area (TPSA) is 43.2 Å². The van der Waals surface area contributed by atoms with E-state index in [4.69, 9.17) is 4.74 Å². The van der Waals surface area contributed by atoms with Gasteiger partial charge in [-0.15, -0.1) is 10.2 Å². The third kappa shape index (κ3) is 3.44. The van der Waals surface area contributed by atoms with E-state index in [1.165, 1.54) is 6.07 Å². The summed E-state index contributed by atoms with van der Waals surface area (Å²) in [7, 11) is 0. The summed E-state index contributed by atoms with van der Waals surface area (Å²) in [4.78, 5) is 2.34. The largest absolute Gasteiger partial charge is 0.487 e. The van der Waals surface area contributed by atoms with E-state index in [1.807, 2.05) is 0 Å². The fourth-order valence-electron chi connectivity index (χ4n) is 2.77. The zero-order chi connectivity index (χ0) is 15.4. The third-order valence-electron chi connectivity index (χ3n) is 4.07. The van der Waals surface area contributed by atoms with E-state index in [2.05, 4.69) is 26.6 Å². The van der Waals surface area contributed by atoms with Gasteiger partial charge in [0.15, 0.2) is 11.6 Å². The molecule has 0 unspecified atom stereocenters. The molecule has 118 valence electrons. The maximum absolute atomic E-state index is 13.6. The van der Waals surface area contributed by atoms with E-state index in [9.17, 15) is 4.39 Å². The van der Waals surface area contributed by atoms with Gasteiger partial charge in [-0.1, -0.05) is 12.1 Å².